The molecule has 45 heavy (non-hydrogen) atoms. The van der Waals surface area contributed by atoms with Crippen LogP contribution in [-0.4, -0.2) is 30.4 Å². The van der Waals surface area contributed by atoms with Crippen LogP contribution in [0, 0.1) is 11.6 Å². The Labute approximate surface area is 277 Å². The predicted octanol–water partition coefficient (Wildman–Crippen LogP) is 8.16. The fourth-order valence-electron chi connectivity index (χ4n) is 5.36. The summed E-state index contributed by atoms with van der Waals surface area (Å²) in [5.74, 6) is -1.25. The molecule has 0 radical (unpaired) electrons. The van der Waals surface area contributed by atoms with Crippen molar-refractivity contribution in [2.45, 2.75) is 65.7 Å². The van der Waals surface area contributed by atoms with Gasteiger partial charge in [-0.2, -0.15) is 0 Å². The normalized spacial score (nSPS) is 13.9. The summed E-state index contributed by atoms with van der Waals surface area (Å²) in [6.07, 6.45) is 5.53. The Hall–Kier alpha value is -3.18. The van der Waals surface area contributed by atoms with Crippen molar-refractivity contribution in [3.05, 3.63) is 88.6 Å². The number of hydrogen-bond acceptors (Lipinski definition) is 4. The summed E-state index contributed by atoms with van der Waals surface area (Å²) in [6.45, 7) is 6.62. The third-order valence-electron chi connectivity index (χ3n) is 7.65. The first-order valence-electron chi connectivity index (χ1n) is 14.3. The minimum absolute atomic E-state index is 0.0312. The number of aromatic hydroxyl groups is 1. The quantitative estimate of drug-likeness (QED) is 0.213. The summed E-state index contributed by atoms with van der Waals surface area (Å²) >= 11 is 24.3. The number of halogens is 6. The maximum Gasteiger partial charge on any atom is 0.276 e. The standard InChI is InChI=1S/C18H19Cl2FN2O2.C13H11Cl2FN2O2/c1-11(2)5-8-25-15-9-12(14(21)10-13(15)19)16-17(20)22-6-3-4-7-23(22)18(16)24;14-8-6-9(16)7(5-10(8)19)11-12(15)17-3-1-2-4-18(17)13(11)20/h5,9-10H,3-4,6-8H2,1-2H3;5-6,19H,1-4H2. The van der Waals surface area contributed by atoms with Crippen LogP contribution < -0.4 is 15.9 Å². The molecule has 0 fully saturated rings. The summed E-state index contributed by atoms with van der Waals surface area (Å²) in [6, 6.07) is 4.72. The van der Waals surface area contributed by atoms with Crippen LogP contribution in [0.3, 0.4) is 0 Å². The summed E-state index contributed by atoms with van der Waals surface area (Å²) in [4.78, 5) is 25.1. The smallest absolute Gasteiger partial charge is 0.276 e. The Balaban J connectivity index is 0.000000182. The molecule has 0 amide bonds. The topological polar surface area (TPSA) is 83.3 Å². The van der Waals surface area contributed by atoms with E-state index in [0.717, 1.165) is 49.5 Å². The second-order valence-electron chi connectivity index (χ2n) is 11.0. The number of aromatic nitrogens is 4. The van der Waals surface area contributed by atoms with E-state index in [-0.39, 0.29) is 59.5 Å². The molecule has 8 nitrogen and oxygen atoms in total. The van der Waals surface area contributed by atoms with Crippen molar-refractivity contribution in [1.82, 2.24) is 18.7 Å². The van der Waals surface area contributed by atoms with Crippen molar-refractivity contribution in [2.75, 3.05) is 6.61 Å². The number of rotatable bonds is 5. The fourth-order valence-corrected chi connectivity index (χ4v) is 6.44. The number of allylic oxidation sites excluding steroid dienone is 1. The number of ether oxygens (including phenoxy) is 1. The molecule has 6 rings (SSSR count). The summed E-state index contributed by atoms with van der Waals surface area (Å²) in [5, 5.41) is 10.1. The van der Waals surface area contributed by atoms with Crippen LogP contribution in [0.15, 0.2) is 45.5 Å². The van der Waals surface area contributed by atoms with Crippen LogP contribution in [0.2, 0.25) is 20.4 Å². The molecule has 0 unspecified atom stereocenters. The molecule has 0 spiro atoms. The maximum atomic E-state index is 14.5. The van der Waals surface area contributed by atoms with Crippen LogP contribution in [-0.2, 0) is 26.2 Å². The SMILES string of the molecule is CC(C)=CCOc1cc(-c2c(Cl)n3n(c2=O)CCCC3)c(F)cc1Cl.O=c1c(-c2cc(O)c(Cl)cc2F)c(Cl)n2n1CCCC2. The van der Waals surface area contributed by atoms with Crippen LogP contribution in [0.4, 0.5) is 8.78 Å². The molecule has 0 saturated heterocycles. The van der Waals surface area contributed by atoms with E-state index < -0.39 is 11.6 Å². The van der Waals surface area contributed by atoms with E-state index in [4.69, 9.17) is 51.1 Å². The van der Waals surface area contributed by atoms with Crippen molar-refractivity contribution < 1.29 is 18.6 Å². The molecule has 0 aliphatic carbocycles. The van der Waals surface area contributed by atoms with Gasteiger partial charge in [-0.25, -0.2) is 18.1 Å². The lowest BCUT2D eigenvalue weighted by molar-refractivity contribution is 0.356. The van der Waals surface area contributed by atoms with Gasteiger partial charge < -0.3 is 9.84 Å². The average Bonchev–Trinajstić information content (AvgIpc) is 3.41. The first-order chi connectivity index (χ1) is 21.4. The second kappa shape index (κ2) is 13.7. The molecule has 1 N–H and O–H groups in total. The van der Waals surface area contributed by atoms with E-state index in [1.165, 1.54) is 10.7 Å². The molecular weight excluding hydrogens is 672 g/mol. The van der Waals surface area contributed by atoms with Gasteiger partial charge in [0, 0.05) is 37.3 Å². The minimum Gasteiger partial charge on any atom is -0.506 e. The number of fused-ring (bicyclic) bond motifs is 2. The maximum absolute atomic E-state index is 14.5. The Morgan fingerprint density at radius 2 is 1.20 bits per heavy atom. The zero-order valence-electron chi connectivity index (χ0n) is 24.5. The molecule has 2 aromatic heterocycles. The fraction of sp³-hybridized carbons (Fsp3) is 0.355. The third-order valence-corrected chi connectivity index (χ3v) is 9.02. The highest BCUT2D eigenvalue weighted by molar-refractivity contribution is 6.34. The van der Waals surface area contributed by atoms with Crippen LogP contribution >= 0.6 is 46.4 Å². The molecule has 4 heterocycles. The van der Waals surface area contributed by atoms with Crippen molar-refractivity contribution >= 4 is 46.4 Å². The first-order valence-corrected chi connectivity index (χ1v) is 15.8. The Bertz CT molecular complexity index is 1920. The van der Waals surface area contributed by atoms with Crippen LogP contribution in [0.1, 0.15) is 39.5 Å². The van der Waals surface area contributed by atoms with Gasteiger partial charge in [0.2, 0.25) is 0 Å². The largest absolute Gasteiger partial charge is 0.506 e. The molecular formula is C31H30Cl4F2N4O4. The van der Waals surface area contributed by atoms with Gasteiger partial charge in [-0.15, -0.1) is 0 Å². The van der Waals surface area contributed by atoms with Gasteiger partial charge in [-0.05, 0) is 69.9 Å². The van der Waals surface area contributed by atoms with Crippen molar-refractivity contribution in [1.29, 1.82) is 0 Å². The summed E-state index contributed by atoms with van der Waals surface area (Å²) in [7, 11) is 0. The third kappa shape index (κ3) is 6.56. The summed E-state index contributed by atoms with van der Waals surface area (Å²) < 4.78 is 40.6. The highest BCUT2D eigenvalue weighted by Gasteiger charge is 2.26. The predicted molar refractivity (Wildman–Crippen MR) is 173 cm³/mol. The number of benzene rings is 2. The highest BCUT2D eigenvalue weighted by atomic mass is 35.5. The minimum atomic E-state index is -0.685. The molecule has 2 aliphatic heterocycles. The van der Waals surface area contributed by atoms with Gasteiger partial charge in [-0.1, -0.05) is 52.0 Å². The molecule has 0 saturated carbocycles. The Kier molecular flexibility index (Phi) is 10.1. The van der Waals surface area contributed by atoms with Gasteiger partial charge in [0.25, 0.3) is 11.1 Å². The molecule has 4 aromatic rings. The van der Waals surface area contributed by atoms with E-state index in [0.29, 0.717) is 38.5 Å². The molecule has 2 aliphatic rings. The van der Waals surface area contributed by atoms with Gasteiger partial charge in [0.05, 0.1) is 21.2 Å². The zero-order valence-corrected chi connectivity index (χ0v) is 27.5. The van der Waals surface area contributed by atoms with Gasteiger partial charge in [0.1, 0.15) is 40.0 Å². The molecule has 240 valence electrons. The first kappa shape index (κ1) is 33.2. The van der Waals surface area contributed by atoms with E-state index >= 15 is 0 Å². The molecule has 14 heteroatoms. The number of nitrogens with zero attached hydrogens (tertiary/aromatic N) is 4. The summed E-state index contributed by atoms with van der Waals surface area (Å²) in [5.41, 5.74) is 0.761. The van der Waals surface area contributed by atoms with Gasteiger partial charge in [-0.3, -0.25) is 19.0 Å². The van der Waals surface area contributed by atoms with Gasteiger partial charge >= 0.3 is 0 Å². The van der Waals surface area contributed by atoms with Crippen molar-refractivity contribution in [3.8, 4) is 33.8 Å². The van der Waals surface area contributed by atoms with Crippen molar-refractivity contribution in [3.63, 3.8) is 0 Å². The monoisotopic (exact) mass is 700 g/mol. The number of phenolic OH excluding ortho intramolecular Hbond substituents is 1. The number of hydrogen-bond donors (Lipinski definition) is 1. The number of phenols is 1. The van der Waals surface area contributed by atoms with Crippen LogP contribution in [0.25, 0.3) is 22.3 Å². The van der Waals surface area contributed by atoms with Crippen molar-refractivity contribution in [2.24, 2.45) is 0 Å². The second-order valence-corrected chi connectivity index (χ2v) is 12.5. The lowest BCUT2D eigenvalue weighted by Gasteiger charge is -2.17. The van der Waals surface area contributed by atoms with E-state index in [2.05, 4.69) is 0 Å². The molecule has 0 bridgehead atoms. The van der Waals surface area contributed by atoms with E-state index in [1.807, 2.05) is 19.9 Å². The van der Waals surface area contributed by atoms with E-state index in [1.54, 1.807) is 14.0 Å². The Morgan fingerprint density at radius 1 is 0.756 bits per heavy atom. The average molecular weight is 702 g/mol. The van der Waals surface area contributed by atoms with Gasteiger partial charge in [0.15, 0.2) is 0 Å². The highest BCUT2D eigenvalue weighted by Crippen LogP contribution is 2.37. The van der Waals surface area contributed by atoms with Crippen LogP contribution in [0.5, 0.6) is 11.5 Å². The van der Waals surface area contributed by atoms with E-state index in [9.17, 15) is 23.5 Å². The lowest BCUT2D eigenvalue weighted by atomic mass is 10.1. The molecule has 2 aromatic carbocycles. The Morgan fingerprint density at radius 3 is 1.67 bits per heavy atom. The molecule has 0 atom stereocenters. The zero-order chi connectivity index (χ0) is 32.6. The lowest BCUT2D eigenvalue weighted by Crippen LogP contribution is -2.27.